The highest BCUT2D eigenvalue weighted by atomic mass is 16.3. The fourth-order valence-electron chi connectivity index (χ4n) is 4.61. The van der Waals surface area contributed by atoms with Gasteiger partial charge < -0.3 is 14.2 Å². The maximum Gasteiger partial charge on any atom is 0.158 e. The molecule has 0 atom stereocenters. The Hall–Kier alpha value is -4.57. The number of pyridine rings is 1. The monoisotopic (exact) mass is 426 g/mol. The molecule has 0 bridgehead atoms. The first kappa shape index (κ1) is 18.0. The number of nitrogens with zero attached hydrogens (tertiary/aromatic N) is 1. The molecule has 0 unspecified atom stereocenters. The number of hydrogen-bond acceptors (Lipinski definition) is 4. The standard InChI is InChI=1S/C29H18N2O2/c1-2-10-26-21(5-1)24-8-4-9-25(29(24)32-26)31-19-13-11-18(12-14-19)20-6-3-7-23-22-15-16-30-17-27(22)33-28(20)23/h1-17,31H. The van der Waals surface area contributed by atoms with E-state index in [9.17, 15) is 0 Å². The lowest BCUT2D eigenvalue weighted by molar-refractivity contribution is 0.668. The third-order valence-electron chi connectivity index (χ3n) is 6.18. The Morgan fingerprint density at radius 3 is 2.21 bits per heavy atom. The number of para-hydroxylation sites is 3. The molecule has 0 fully saturated rings. The van der Waals surface area contributed by atoms with Crippen LogP contribution in [0, 0.1) is 0 Å². The van der Waals surface area contributed by atoms with Crippen LogP contribution < -0.4 is 5.32 Å². The van der Waals surface area contributed by atoms with Gasteiger partial charge in [0.15, 0.2) is 11.2 Å². The highest BCUT2D eigenvalue weighted by Gasteiger charge is 2.13. The minimum Gasteiger partial charge on any atom is -0.454 e. The SMILES string of the molecule is c1ccc2c(c1)oc1c(Nc3ccc(-c4cccc5c4oc4cnccc45)cc3)cccc12. The molecule has 3 aromatic heterocycles. The quantitative estimate of drug-likeness (QED) is 0.309. The van der Waals surface area contributed by atoms with E-state index in [0.717, 1.165) is 66.4 Å². The van der Waals surface area contributed by atoms with Gasteiger partial charge in [0.25, 0.3) is 0 Å². The minimum absolute atomic E-state index is 0.803. The second-order valence-electron chi connectivity index (χ2n) is 8.14. The van der Waals surface area contributed by atoms with Gasteiger partial charge in [-0.05, 0) is 35.9 Å². The molecule has 0 saturated heterocycles. The van der Waals surface area contributed by atoms with Gasteiger partial charge in [0.2, 0.25) is 0 Å². The summed E-state index contributed by atoms with van der Waals surface area (Å²) in [7, 11) is 0. The third-order valence-corrected chi connectivity index (χ3v) is 6.18. The van der Waals surface area contributed by atoms with E-state index in [0.29, 0.717) is 0 Å². The fraction of sp³-hybridized carbons (Fsp3) is 0. The van der Waals surface area contributed by atoms with Gasteiger partial charge in [0.05, 0.1) is 11.9 Å². The molecular formula is C29H18N2O2. The Labute approximate surface area is 189 Å². The van der Waals surface area contributed by atoms with E-state index in [-0.39, 0.29) is 0 Å². The summed E-state index contributed by atoms with van der Waals surface area (Å²) in [6.45, 7) is 0. The van der Waals surface area contributed by atoms with Crippen LogP contribution in [0.4, 0.5) is 11.4 Å². The molecular weight excluding hydrogens is 408 g/mol. The molecule has 33 heavy (non-hydrogen) atoms. The second kappa shape index (κ2) is 6.97. The smallest absolute Gasteiger partial charge is 0.158 e. The lowest BCUT2D eigenvalue weighted by atomic mass is 10.0. The first-order valence-electron chi connectivity index (χ1n) is 10.9. The zero-order valence-electron chi connectivity index (χ0n) is 17.6. The van der Waals surface area contributed by atoms with Crippen molar-refractivity contribution in [3.8, 4) is 11.1 Å². The van der Waals surface area contributed by atoms with Crippen molar-refractivity contribution in [1.82, 2.24) is 4.98 Å². The van der Waals surface area contributed by atoms with Gasteiger partial charge in [-0.1, -0.05) is 60.7 Å². The van der Waals surface area contributed by atoms with Crippen LogP contribution in [-0.2, 0) is 0 Å². The van der Waals surface area contributed by atoms with Crippen LogP contribution in [-0.4, -0.2) is 4.98 Å². The van der Waals surface area contributed by atoms with Crippen molar-refractivity contribution in [2.75, 3.05) is 5.32 Å². The summed E-state index contributed by atoms with van der Waals surface area (Å²) in [6.07, 6.45) is 3.57. The van der Waals surface area contributed by atoms with Crippen LogP contribution in [0.15, 0.2) is 112 Å². The number of hydrogen-bond donors (Lipinski definition) is 1. The van der Waals surface area contributed by atoms with Crippen LogP contribution >= 0.6 is 0 Å². The number of furan rings is 2. The van der Waals surface area contributed by atoms with Gasteiger partial charge in [-0.2, -0.15) is 0 Å². The Morgan fingerprint density at radius 1 is 0.576 bits per heavy atom. The second-order valence-corrected chi connectivity index (χ2v) is 8.14. The average molecular weight is 426 g/mol. The first-order chi connectivity index (χ1) is 16.3. The molecule has 0 spiro atoms. The van der Waals surface area contributed by atoms with E-state index >= 15 is 0 Å². The van der Waals surface area contributed by atoms with Crippen molar-refractivity contribution >= 4 is 55.3 Å². The van der Waals surface area contributed by atoms with E-state index in [2.05, 4.69) is 71.0 Å². The molecule has 1 N–H and O–H groups in total. The first-order valence-corrected chi connectivity index (χ1v) is 10.9. The summed E-state index contributed by atoms with van der Waals surface area (Å²) in [4.78, 5) is 4.19. The van der Waals surface area contributed by atoms with Crippen molar-refractivity contribution in [1.29, 1.82) is 0 Å². The molecule has 0 aliphatic carbocycles. The summed E-state index contributed by atoms with van der Waals surface area (Å²) in [6, 6.07) is 31.0. The number of fused-ring (bicyclic) bond motifs is 6. The Kier molecular flexibility index (Phi) is 3.81. The lowest BCUT2D eigenvalue weighted by Crippen LogP contribution is -1.90. The molecule has 0 aliphatic rings. The topological polar surface area (TPSA) is 51.2 Å². The van der Waals surface area contributed by atoms with Crippen LogP contribution in [0.3, 0.4) is 0 Å². The van der Waals surface area contributed by atoms with Crippen LogP contribution in [0.2, 0.25) is 0 Å². The van der Waals surface area contributed by atoms with Gasteiger partial charge in [-0.25, -0.2) is 0 Å². The van der Waals surface area contributed by atoms with Gasteiger partial charge >= 0.3 is 0 Å². The Balaban J connectivity index is 1.27. The number of rotatable bonds is 3. The summed E-state index contributed by atoms with van der Waals surface area (Å²) in [5, 5.41) is 7.94. The molecule has 7 rings (SSSR count). The molecule has 0 saturated carbocycles. The maximum absolute atomic E-state index is 6.15. The molecule has 0 radical (unpaired) electrons. The summed E-state index contributed by atoms with van der Waals surface area (Å²) in [5.74, 6) is 0. The highest BCUT2D eigenvalue weighted by molar-refractivity contribution is 6.10. The fourth-order valence-corrected chi connectivity index (χ4v) is 4.61. The van der Waals surface area contributed by atoms with E-state index in [1.807, 2.05) is 30.3 Å². The predicted molar refractivity (Wildman–Crippen MR) is 134 cm³/mol. The highest BCUT2D eigenvalue weighted by Crippen LogP contribution is 2.37. The Bertz CT molecular complexity index is 1790. The molecule has 3 heterocycles. The van der Waals surface area contributed by atoms with Crippen molar-refractivity contribution in [2.45, 2.75) is 0 Å². The zero-order chi connectivity index (χ0) is 21.8. The van der Waals surface area contributed by atoms with E-state index < -0.39 is 0 Å². The van der Waals surface area contributed by atoms with Crippen LogP contribution in [0.1, 0.15) is 0 Å². The zero-order valence-corrected chi connectivity index (χ0v) is 17.6. The maximum atomic E-state index is 6.15. The Morgan fingerprint density at radius 2 is 1.30 bits per heavy atom. The molecule has 4 nitrogen and oxygen atoms in total. The average Bonchev–Trinajstić information content (AvgIpc) is 3.44. The lowest BCUT2D eigenvalue weighted by Gasteiger charge is -2.09. The van der Waals surface area contributed by atoms with E-state index in [4.69, 9.17) is 8.83 Å². The number of anilines is 2. The van der Waals surface area contributed by atoms with Crippen molar-refractivity contribution in [3.63, 3.8) is 0 Å². The molecule has 4 aromatic carbocycles. The number of aromatic nitrogens is 1. The van der Waals surface area contributed by atoms with Crippen LogP contribution in [0.5, 0.6) is 0 Å². The summed E-state index contributed by atoms with van der Waals surface area (Å²) >= 11 is 0. The van der Waals surface area contributed by atoms with E-state index in [1.54, 1.807) is 12.4 Å². The van der Waals surface area contributed by atoms with Crippen LogP contribution in [0.25, 0.3) is 55.0 Å². The van der Waals surface area contributed by atoms with Gasteiger partial charge in [-0.3, -0.25) is 4.98 Å². The van der Waals surface area contributed by atoms with Crippen molar-refractivity contribution in [2.24, 2.45) is 0 Å². The molecule has 156 valence electrons. The predicted octanol–water partition coefficient (Wildman–Crippen LogP) is 8.29. The molecule has 0 aliphatic heterocycles. The van der Waals surface area contributed by atoms with Gasteiger partial charge in [0.1, 0.15) is 11.2 Å². The molecule has 4 heteroatoms. The third kappa shape index (κ3) is 2.81. The minimum atomic E-state index is 0.803. The number of nitrogens with one attached hydrogen (secondary N) is 1. The number of benzene rings is 4. The van der Waals surface area contributed by atoms with E-state index in [1.165, 1.54) is 0 Å². The molecule has 7 aromatic rings. The summed E-state index contributed by atoms with van der Waals surface area (Å²) < 4.78 is 12.3. The van der Waals surface area contributed by atoms with Crippen molar-refractivity contribution < 1.29 is 8.83 Å². The summed E-state index contributed by atoms with van der Waals surface area (Å²) in [5.41, 5.74) is 7.55. The normalized spacial score (nSPS) is 11.6. The molecule has 0 amide bonds. The van der Waals surface area contributed by atoms with Gasteiger partial charge in [-0.15, -0.1) is 0 Å². The van der Waals surface area contributed by atoms with Gasteiger partial charge in [0, 0.05) is 39.0 Å². The largest absolute Gasteiger partial charge is 0.454 e. The van der Waals surface area contributed by atoms with Crippen molar-refractivity contribution in [3.05, 3.63) is 103 Å².